The summed E-state index contributed by atoms with van der Waals surface area (Å²) in [5.74, 6) is -0.740. The van der Waals surface area contributed by atoms with E-state index in [0.29, 0.717) is 38.3 Å². The highest BCUT2D eigenvalue weighted by atomic mass is 35.5. The molecule has 6 nitrogen and oxygen atoms in total. The number of carbonyl (C=O) groups excluding carboxylic acids is 2. The van der Waals surface area contributed by atoms with E-state index < -0.39 is 16.1 Å². The molecule has 1 aliphatic heterocycles. The van der Waals surface area contributed by atoms with E-state index in [9.17, 15) is 22.8 Å². The zero-order valence-corrected chi connectivity index (χ0v) is 17.1. The molecule has 1 unspecified atom stereocenters. The summed E-state index contributed by atoms with van der Waals surface area (Å²) < 4.78 is 39.3. The quantitative estimate of drug-likeness (QED) is 0.695. The number of halogens is 5. The van der Waals surface area contributed by atoms with Crippen molar-refractivity contribution < 1.29 is 27.5 Å². The van der Waals surface area contributed by atoms with E-state index in [2.05, 4.69) is 10.1 Å². The normalized spacial score (nSPS) is 24.1. The summed E-state index contributed by atoms with van der Waals surface area (Å²) in [6.07, 6.45) is -4.34. The highest BCUT2D eigenvalue weighted by molar-refractivity contribution is 6.53. The van der Waals surface area contributed by atoms with Gasteiger partial charge in [0.05, 0.1) is 12.0 Å². The number of hydrogen-bond donors (Lipinski definition) is 1. The van der Waals surface area contributed by atoms with Gasteiger partial charge in [0.25, 0.3) is 0 Å². The van der Waals surface area contributed by atoms with Crippen molar-refractivity contribution in [2.45, 2.75) is 24.0 Å². The Kier molecular flexibility index (Phi) is 5.95. The summed E-state index contributed by atoms with van der Waals surface area (Å²) in [5.41, 5.74) is -0.391. The average Bonchev–Trinajstić information content (AvgIpc) is 3.14. The molecule has 1 saturated heterocycles. The van der Waals surface area contributed by atoms with E-state index in [1.165, 1.54) is 12.1 Å². The number of hydrogen-bond acceptors (Lipinski definition) is 4. The van der Waals surface area contributed by atoms with Crippen molar-refractivity contribution in [1.82, 2.24) is 9.80 Å². The van der Waals surface area contributed by atoms with Crippen LogP contribution in [0.25, 0.3) is 0 Å². The summed E-state index contributed by atoms with van der Waals surface area (Å²) in [7, 11) is 0. The van der Waals surface area contributed by atoms with Gasteiger partial charge in [0.2, 0.25) is 11.8 Å². The summed E-state index contributed by atoms with van der Waals surface area (Å²) in [5, 5.41) is 2.63. The molecule has 2 amide bonds. The molecule has 0 aromatic heterocycles. The lowest BCUT2D eigenvalue weighted by atomic mass is 10.1. The van der Waals surface area contributed by atoms with Crippen molar-refractivity contribution in [1.29, 1.82) is 0 Å². The second kappa shape index (κ2) is 7.85. The van der Waals surface area contributed by atoms with Crippen molar-refractivity contribution in [2.75, 3.05) is 38.0 Å². The molecule has 1 N–H and O–H groups in total. The minimum Gasteiger partial charge on any atom is -0.406 e. The molecule has 0 bridgehead atoms. The van der Waals surface area contributed by atoms with Gasteiger partial charge in [-0.1, -0.05) is 0 Å². The van der Waals surface area contributed by atoms with Gasteiger partial charge in [-0.15, -0.1) is 36.4 Å². The monoisotopic (exact) mass is 453 g/mol. The van der Waals surface area contributed by atoms with Crippen LogP contribution in [0.1, 0.15) is 13.3 Å². The Labute approximate surface area is 175 Å². The van der Waals surface area contributed by atoms with Gasteiger partial charge in [-0.05, 0) is 37.6 Å². The Hall–Kier alpha value is -1.71. The predicted molar refractivity (Wildman–Crippen MR) is 102 cm³/mol. The molecule has 0 radical (unpaired) electrons. The van der Waals surface area contributed by atoms with Gasteiger partial charge in [-0.25, -0.2) is 0 Å². The number of benzene rings is 1. The van der Waals surface area contributed by atoms with Crippen LogP contribution in [0, 0.1) is 5.41 Å². The number of carbonyl (C=O) groups is 2. The Morgan fingerprint density at radius 1 is 1.14 bits per heavy atom. The fourth-order valence-electron chi connectivity index (χ4n) is 3.23. The molecular weight excluding hydrogens is 434 g/mol. The highest BCUT2D eigenvalue weighted by Gasteiger charge is 2.68. The van der Waals surface area contributed by atoms with Crippen LogP contribution in [0.2, 0.25) is 0 Å². The zero-order valence-electron chi connectivity index (χ0n) is 15.6. The van der Waals surface area contributed by atoms with E-state index >= 15 is 0 Å². The molecule has 1 heterocycles. The second-order valence-electron chi connectivity index (χ2n) is 7.40. The maximum absolute atomic E-state index is 12.6. The van der Waals surface area contributed by atoms with Crippen molar-refractivity contribution in [3.63, 3.8) is 0 Å². The first kappa shape index (κ1) is 22.0. The van der Waals surface area contributed by atoms with Gasteiger partial charge in [-0.3, -0.25) is 14.5 Å². The van der Waals surface area contributed by atoms with Crippen molar-refractivity contribution in [3.05, 3.63) is 24.3 Å². The smallest absolute Gasteiger partial charge is 0.406 e. The molecule has 1 saturated carbocycles. The maximum Gasteiger partial charge on any atom is 0.573 e. The van der Waals surface area contributed by atoms with E-state index in [0.717, 1.165) is 12.1 Å². The molecule has 160 valence electrons. The van der Waals surface area contributed by atoms with Crippen molar-refractivity contribution >= 4 is 40.7 Å². The van der Waals surface area contributed by atoms with Gasteiger partial charge in [-0.2, -0.15) is 0 Å². The number of ether oxygens (including phenoxy) is 1. The van der Waals surface area contributed by atoms with Gasteiger partial charge in [0.15, 0.2) is 0 Å². The number of anilines is 1. The Balaban J connectivity index is 1.44. The third-order valence-corrected chi connectivity index (χ3v) is 6.23. The van der Waals surface area contributed by atoms with E-state index in [4.69, 9.17) is 23.2 Å². The van der Waals surface area contributed by atoms with E-state index in [1.54, 1.807) is 11.8 Å². The fraction of sp³-hybridized carbons (Fsp3) is 0.556. The summed E-state index contributed by atoms with van der Waals surface area (Å²) in [4.78, 5) is 28.3. The summed E-state index contributed by atoms with van der Waals surface area (Å²) in [6.45, 7) is 3.83. The first-order valence-corrected chi connectivity index (χ1v) is 9.70. The molecule has 0 spiro atoms. The minimum atomic E-state index is -4.76. The van der Waals surface area contributed by atoms with Crippen LogP contribution < -0.4 is 10.1 Å². The number of piperazine rings is 1. The van der Waals surface area contributed by atoms with Gasteiger partial charge in [0.1, 0.15) is 10.1 Å². The average molecular weight is 454 g/mol. The van der Waals surface area contributed by atoms with Crippen LogP contribution in [0.5, 0.6) is 5.75 Å². The lowest BCUT2D eigenvalue weighted by Crippen LogP contribution is -2.52. The molecule has 2 fully saturated rings. The molecule has 1 aliphatic carbocycles. The predicted octanol–water partition coefficient (Wildman–Crippen LogP) is 3.25. The number of amides is 2. The van der Waals surface area contributed by atoms with Crippen molar-refractivity contribution in [2.24, 2.45) is 5.41 Å². The first-order chi connectivity index (χ1) is 13.4. The second-order valence-corrected chi connectivity index (χ2v) is 8.89. The summed E-state index contributed by atoms with van der Waals surface area (Å²) in [6, 6.07) is 4.91. The lowest BCUT2D eigenvalue weighted by Gasteiger charge is -2.36. The van der Waals surface area contributed by atoms with Gasteiger partial charge in [0, 0.05) is 31.9 Å². The van der Waals surface area contributed by atoms with Crippen molar-refractivity contribution in [3.8, 4) is 5.75 Å². The maximum atomic E-state index is 12.6. The van der Waals surface area contributed by atoms with Gasteiger partial charge < -0.3 is 15.0 Å². The Morgan fingerprint density at radius 3 is 2.17 bits per heavy atom. The number of nitrogens with zero attached hydrogens (tertiary/aromatic N) is 2. The standard InChI is InChI=1S/C18H20Cl2F3N3O3/c1-16(11-17(16,19)20)15(28)26-8-6-25(7-9-26)10-14(27)24-12-2-4-13(5-3-12)29-18(21,22)23/h2-5H,6-11H2,1H3,(H,24,27). The number of nitrogens with one attached hydrogen (secondary N) is 1. The van der Waals surface area contributed by atoms with E-state index in [-0.39, 0.29) is 24.1 Å². The Bertz CT molecular complexity index is 781. The topological polar surface area (TPSA) is 61.9 Å². The molecule has 1 atom stereocenters. The van der Waals surface area contributed by atoms with E-state index in [1.807, 2.05) is 4.90 Å². The van der Waals surface area contributed by atoms with Crippen LogP contribution in [-0.2, 0) is 9.59 Å². The lowest BCUT2D eigenvalue weighted by molar-refractivity contribution is -0.274. The third kappa shape index (κ3) is 5.26. The molecular formula is C18H20Cl2F3N3O3. The molecule has 2 aliphatic rings. The molecule has 3 rings (SSSR count). The molecule has 11 heteroatoms. The molecule has 1 aromatic rings. The first-order valence-electron chi connectivity index (χ1n) is 8.95. The number of rotatable bonds is 5. The van der Waals surface area contributed by atoms with Crippen LogP contribution in [-0.4, -0.2) is 65.0 Å². The summed E-state index contributed by atoms with van der Waals surface area (Å²) >= 11 is 12.1. The molecule has 1 aromatic carbocycles. The third-order valence-electron chi connectivity index (χ3n) is 5.13. The minimum absolute atomic E-state index is 0.0761. The van der Waals surface area contributed by atoms with Crippen LogP contribution in [0.15, 0.2) is 24.3 Å². The highest BCUT2D eigenvalue weighted by Crippen LogP contribution is 2.64. The number of alkyl halides is 5. The molecule has 29 heavy (non-hydrogen) atoms. The van der Waals surface area contributed by atoms with Crippen LogP contribution in [0.3, 0.4) is 0 Å². The van der Waals surface area contributed by atoms with Crippen LogP contribution in [0.4, 0.5) is 18.9 Å². The SMILES string of the molecule is CC1(C(=O)N2CCN(CC(=O)Nc3ccc(OC(F)(F)F)cc3)CC2)CC1(Cl)Cl. The zero-order chi connectivity index (χ0) is 21.4. The van der Waals surface area contributed by atoms with Gasteiger partial charge >= 0.3 is 6.36 Å². The Morgan fingerprint density at radius 2 is 1.69 bits per heavy atom. The largest absolute Gasteiger partial charge is 0.573 e. The fourth-order valence-corrected chi connectivity index (χ4v) is 3.93. The van der Waals surface area contributed by atoms with Crippen LogP contribution >= 0.6 is 23.2 Å².